The van der Waals surface area contributed by atoms with Gasteiger partial charge in [-0.15, -0.1) is 0 Å². The minimum Gasteiger partial charge on any atom is -0.460 e. The third-order valence-electron chi connectivity index (χ3n) is 5.38. The van der Waals surface area contributed by atoms with Crippen LogP contribution in [0.15, 0.2) is 0 Å². The van der Waals surface area contributed by atoms with Crippen molar-refractivity contribution in [1.29, 1.82) is 0 Å². The van der Waals surface area contributed by atoms with Gasteiger partial charge in [0, 0.05) is 19.3 Å². The van der Waals surface area contributed by atoms with Crippen LogP contribution in [0.4, 0.5) is 0 Å². The molecule has 0 radical (unpaired) electrons. The van der Waals surface area contributed by atoms with Gasteiger partial charge in [-0.3, -0.25) is 9.59 Å². The molecule has 3 atom stereocenters. The van der Waals surface area contributed by atoms with E-state index in [1.54, 1.807) is 0 Å². The lowest BCUT2D eigenvalue weighted by Gasteiger charge is -2.49. The standard InChI is InChI=1S/C16H26O3/c1-11(17)19-15(2,3)12-7-9-16(4)8-5-6-14(18)13(16)10-12/h12-13H,5-10H2,1-4H3. The van der Waals surface area contributed by atoms with E-state index in [4.69, 9.17) is 4.74 Å². The Morgan fingerprint density at radius 1 is 1.37 bits per heavy atom. The summed E-state index contributed by atoms with van der Waals surface area (Å²) in [5.41, 5.74) is -0.261. The fraction of sp³-hybridized carbons (Fsp3) is 0.875. The Kier molecular flexibility index (Phi) is 3.76. The summed E-state index contributed by atoms with van der Waals surface area (Å²) in [4.78, 5) is 23.4. The third-order valence-corrected chi connectivity index (χ3v) is 5.38. The van der Waals surface area contributed by atoms with Gasteiger partial charge in [-0.1, -0.05) is 6.92 Å². The fourth-order valence-electron chi connectivity index (χ4n) is 4.11. The molecule has 108 valence electrons. The van der Waals surface area contributed by atoms with Crippen LogP contribution in [0.1, 0.15) is 66.2 Å². The van der Waals surface area contributed by atoms with Gasteiger partial charge in [0.2, 0.25) is 0 Å². The van der Waals surface area contributed by atoms with Crippen molar-refractivity contribution in [3.63, 3.8) is 0 Å². The number of hydrogen-bond acceptors (Lipinski definition) is 3. The van der Waals surface area contributed by atoms with E-state index in [2.05, 4.69) is 6.92 Å². The molecule has 3 heteroatoms. The molecule has 0 aliphatic heterocycles. The van der Waals surface area contributed by atoms with Crippen LogP contribution in [-0.2, 0) is 14.3 Å². The first-order chi connectivity index (χ1) is 8.74. The van der Waals surface area contributed by atoms with E-state index in [9.17, 15) is 9.59 Å². The first kappa shape index (κ1) is 14.5. The molecule has 0 bridgehead atoms. The molecule has 0 amide bonds. The number of fused-ring (bicyclic) bond motifs is 1. The summed E-state index contributed by atoms with van der Waals surface area (Å²) >= 11 is 0. The second kappa shape index (κ2) is 4.92. The number of ether oxygens (including phenoxy) is 1. The Balaban J connectivity index is 2.12. The van der Waals surface area contributed by atoms with Crippen LogP contribution in [0.3, 0.4) is 0 Å². The van der Waals surface area contributed by atoms with Crippen LogP contribution in [0.25, 0.3) is 0 Å². The van der Waals surface area contributed by atoms with Gasteiger partial charge in [0.1, 0.15) is 11.4 Å². The van der Waals surface area contributed by atoms with Gasteiger partial charge >= 0.3 is 5.97 Å². The molecule has 0 heterocycles. The molecule has 2 saturated carbocycles. The van der Waals surface area contributed by atoms with Crippen LogP contribution in [-0.4, -0.2) is 17.4 Å². The maximum atomic E-state index is 12.2. The lowest BCUT2D eigenvalue weighted by Crippen LogP contribution is -2.47. The van der Waals surface area contributed by atoms with Gasteiger partial charge < -0.3 is 4.74 Å². The summed E-state index contributed by atoms with van der Waals surface area (Å²) in [5, 5.41) is 0. The molecule has 0 saturated heterocycles. The van der Waals surface area contributed by atoms with E-state index in [1.165, 1.54) is 13.3 Å². The van der Waals surface area contributed by atoms with Gasteiger partial charge in [-0.25, -0.2) is 0 Å². The first-order valence-electron chi connectivity index (χ1n) is 7.47. The molecule has 0 aromatic rings. The summed E-state index contributed by atoms with van der Waals surface area (Å²) in [7, 11) is 0. The van der Waals surface area contributed by atoms with Gasteiger partial charge in [0.05, 0.1) is 0 Å². The van der Waals surface area contributed by atoms with Crippen LogP contribution >= 0.6 is 0 Å². The van der Waals surface area contributed by atoms with E-state index in [0.29, 0.717) is 11.7 Å². The van der Waals surface area contributed by atoms with E-state index in [-0.39, 0.29) is 17.3 Å². The fourth-order valence-corrected chi connectivity index (χ4v) is 4.11. The zero-order chi connectivity index (χ0) is 14.3. The average Bonchev–Trinajstić information content (AvgIpc) is 2.26. The largest absolute Gasteiger partial charge is 0.460 e. The van der Waals surface area contributed by atoms with E-state index in [1.807, 2.05) is 13.8 Å². The summed E-state index contributed by atoms with van der Waals surface area (Å²) in [6.07, 6.45) is 5.98. The summed E-state index contributed by atoms with van der Waals surface area (Å²) < 4.78 is 5.47. The van der Waals surface area contributed by atoms with Gasteiger partial charge in [-0.2, -0.15) is 0 Å². The highest BCUT2D eigenvalue weighted by atomic mass is 16.6. The Morgan fingerprint density at radius 2 is 2.05 bits per heavy atom. The van der Waals surface area contributed by atoms with Gasteiger partial charge in [0.15, 0.2) is 0 Å². The Labute approximate surface area is 116 Å². The Morgan fingerprint density at radius 3 is 2.68 bits per heavy atom. The molecule has 3 nitrogen and oxygen atoms in total. The Hall–Kier alpha value is -0.860. The number of rotatable bonds is 2. The average molecular weight is 266 g/mol. The van der Waals surface area contributed by atoms with Crippen molar-refractivity contribution in [3.05, 3.63) is 0 Å². The third kappa shape index (κ3) is 2.85. The molecule has 0 aromatic heterocycles. The zero-order valence-corrected chi connectivity index (χ0v) is 12.6. The molecular formula is C16H26O3. The zero-order valence-electron chi connectivity index (χ0n) is 12.6. The van der Waals surface area contributed by atoms with Crippen molar-refractivity contribution < 1.29 is 14.3 Å². The summed E-state index contributed by atoms with van der Waals surface area (Å²) in [6.45, 7) is 7.69. The van der Waals surface area contributed by atoms with Crippen molar-refractivity contribution in [3.8, 4) is 0 Å². The minimum atomic E-state index is -0.453. The lowest BCUT2D eigenvalue weighted by atomic mass is 9.56. The van der Waals surface area contributed by atoms with E-state index in [0.717, 1.165) is 32.1 Å². The highest BCUT2D eigenvalue weighted by Gasteiger charge is 2.49. The molecule has 2 aliphatic rings. The molecule has 2 aliphatic carbocycles. The quantitative estimate of drug-likeness (QED) is 0.718. The SMILES string of the molecule is CC(=O)OC(C)(C)C1CCC2(C)CCCC(=O)C2C1. The second-order valence-corrected chi connectivity index (χ2v) is 7.19. The second-order valence-electron chi connectivity index (χ2n) is 7.19. The predicted molar refractivity (Wildman–Crippen MR) is 73.6 cm³/mol. The smallest absolute Gasteiger partial charge is 0.303 e. The molecule has 0 aromatic carbocycles. The van der Waals surface area contributed by atoms with Crippen molar-refractivity contribution in [2.45, 2.75) is 71.8 Å². The predicted octanol–water partition coefficient (Wildman–Crippen LogP) is 3.50. The molecule has 3 unspecified atom stereocenters. The molecule has 2 rings (SSSR count). The van der Waals surface area contributed by atoms with Gasteiger partial charge in [-0.05, 0) is 57.3 Å². The first-order valence-corrected chi connectivity index (χ1v) is 7.47. The lowest BCUT2D eigenvalue weighted by molar-refractivity contribution is -0.163. The summed E-state index contributed by atoms with van der Waals surface area (Å²) in [6, 6.07) is 0. The highest BCUT2D eigenvalue weighted by Crippen LogP contribution is 2.52. The van der Waals surface area contributed by atoms with Crippen LogP contribution in [0, 0.1) is 17.3 Å². The van der Waals surface area contributed by atoms with Crippen molar-refractivity contribution in [2.24, 2.45) is 17.3 Å². The molecule has 0 spiro atoms. The number of Topliss-reactive ketones (excluding diaryl/α,β-unsaturated/α-hetero) is 1. The molecular weight excluding hydrogens is 240 g/mol. The molecule has 19 heavy (non-hydrogen) atoms. The van der Waals surface area contributed by atoms with Crippen molar-refractivity contribution in [2.75, 3.05) is 0 Å². The monoisotopic (exact) mass is 266 g/mol. The number of carbonyl (C=O) groups is 2. The number of esters is 1. The van der Waals surface area contributed by atoms with Crippen LogP contribution in [0.2, 0.25) is 0 Å². The topological polar surface area (TPSA) is 43.4 Å². The highest BCUT2D eigenvalue weighted by molar-refractivity contribution is 5.82. The normalized spacial score (nSPS) is 35.7. The van der Waals surface area contributed by atoms with Crippen LogP contribution < -0.4 is 0 Å². The van der Waals surface area contributed by atoms with Crippen LogP contribution in [0.5, 0.6) is 0 Å². The summed E-state index contributed by atoms with van der Waals surface area (Å²) in [5.74, 6) is 0.678. The van der Waals surface area contributed by atoms with Crippen molar-refractivity contribution in [1.82, 2.24) is 0 Å². The Bertz CT molecular complexity index is 385. The number of hydrogen-bond donors (Lipinski definition) is 0. The molecule has 2 fully saturated rings. The van der Waals surface area contributed by atoms with Gasteiger partial charge in [0.25, 0.3) is 0 Å². The maximum absolute atomic E-state index is 12.2. The number of ketones is 1. The maximum Gasteiger partial charge on any atom is 0.303 e. The molecule has 0 N–H and O–H groups in total. The number of carbonyl (C=O) groups excluding carboxylic acids is 2. The van der Waals surface area contributed by atoms with E-state index >= 15 is 0 Å². The minimum absolute atomic E-state index is 0.176. The van der Waals surface area contributed by atoms with E-state index < -0.39 is 5.60 Å². The van der Waals surface area contributed by atoms with Crippen molar-refractivity contribution >= 4 is 11.8 Å².